The van der Waals surface area contributed by atoms with Gasteiger partial charge in [0.2, 0.25) is 0 Å². The first kappa shape index (κ1) is 22.0. The molecule has 1 unspecified atom stereocenters. The van der Waals surface area contributed by atoms with Crippen LogP contribution in [0.3, 0.4) is 0 Å². The Bertz CT molecular complexity index is 936. The number of piperazine rings is 1. The number of halogens is 2. The van der Waals surface area contributed by atoms with Gasteiger partial charge in [-0.15, -0.1) is 12.4 Å². The van der Waals surface area contributed by atoms with Crippen LogP contribution in [0.2, 0.25) is 0 Å². The van der Waals surface area contributed by atoms with Gasteiger partial charge in [0.1, 0.15) is 11.5 Å². The molecule has 1 N–H and O–H groups in total. The molecule has 2 heterocycles. The summed E-state index contributed by atoms with van der Waals surface area (Å²) in [5.74, 6) is -0.636. The number of hydrogen-bond acceptors (Lipinski definition) is 5. The van der Waals surface area contributed by atoms with Gasteiger partial charge in [0, 0.05) is 44.4 Å². The molecule has 0 bridgehead atoms. The number of carbonyl (C=O) groups is 1. The molecule has 0 radical (unpaired) electrons. The lowest BCUT2D eigenvalue weighted by Crippen LogP contribution is -2.48. The quantitative estimate of drug-likeness (QED) is 0.588. The minimum atomic E-state index is -0.424. The first-order chi connectivity index (χ1) is 14.0. The van der Waals surface area contributed by atoms with Crippen molar-refractivity contribution in [2.45, 2.75) is 18.9 Å². The van der Waals surface area contributed by atoms with E-state index in [-0.39, 0.29) is 41.4 Å². The third-order valence-electron chi connectivity index (χ3n) is 5.60. The number of nitro groups is 1. The van der Waals surface area contributed by atoms with E-state index in [4.69, 9.17) is 0 Å². The molecule has 0 spiro atoms. The molecule has 1 atom stereocenters. The Morgan fingerprint density at radius 3 is 2.60 bits per heavy atom. The molecule has 7 nitrogen and oxygen atoms in total. The van der Waals surface area contributed by atoms with E-state index < -0.39 is 4.92 Å². The van der Waals surface area contributed by atoms with Gasteiger partial charge in [-0.25, -0.2) is 4.39 Å². The summed E-state index contributed by atoms with van der Waals surface area (Å²) in [6, 6.07) is 10.6. The molecule has 2 aliphatic heterocycles. The first-order valence-electron chi connectivity index (χ1n) is 9.85. The van der Waals surface area contributed by atoms with Gasteiger partial charge < -0.3 is 15.1 Å². The van der Waals surface area contributed by atoms with E-state index in [1.54, 1.807) is 29.2 Å². The summed E-state index contributed by atoms with van der Waals surface area (Å²) in [5.41, 5.74) is 1.50. The fourth-order valence-corrected chi connectivity index (χ4v) is 4.15. The third kappa shape index (κ3) is 4.39. The van der Waals surface area contributed by atoms with Gasteiger partial charge in [0.05, 0.1) is 11.0 Å². The van der Waals surface area contributed by atoms with Crippen molar-refractivity contribution in [3.8, 4) is 0 Å². The minimum Gasteiger partial charge on any atom is -0.366 e. The first-order valence-corrected chi connectivity index (χ1v) is 9.85. The lowest BCUT2D eigenvalue weighted by atomic mass is 10.0. The van der Waals surface area contributed by atoms with Crippen LogP contribution in [0.1, 0.15) is 34.8 Å². The number of rotatable bonds is 4. The molecule has 2 aromatic rings. The van der Waals surface area contributed by atoms with Crippen molar-refractivity contribution >= 4 is 29.7 Å². The number of amides is 1. The van der Waals surface area contributed by atoms with Gasteiger partial charge in [0.25, 0.3) is 11.6 Å². The second kappa shape index (κ2) is 9.40. The molecular formula is C21H24ClFN4O3. The van der Waals surface area contributed by atoms with E-state index in [1.807, 2.05) is 4.90 Å². The van der Waals surface area contributed by atoms with Crippen molar-refractivity contribution in [2.75, 3.05) is 37.6 Å². The van der Waals surface area contributed by atoms with Gasteiger partial charge in [0.15, 0.2) is 0 Å². The second-order valence-electron chi connectivity index (χ2n) is 7.43. The molecule has 0 aliphatic carbocycles. The predicted molar refractivity (Wildman–Crippen MR) is 115 cm³/mol. The molecule has 2 saturated heterocycles. The van der Waals surface area contributed by atoms with Gasteiger partial charge in [-0.05, 0) is 42.7 Å². The van der Waals surface area contributed by atoms with Gasteiger partial charge in [-0.3, -0.25) is 14.9 Å². The SMILES string of the molecule is Cl.O=C(c1ccc(N2CCCC2)c([N+](=O)[O-])c1)N1CCNCC1c1cccc(F)c1. The van der Waals surface area contributed by atoms with Crippen molar-refractivity contribution in [1.82, 2.24) is 10.2 Å². The Kier molecular flexibility index (Phi) is 6.89. The predicted octanol–water partition coefficient (Wildman–Crippen LogP) is 3.54. The van der Waals surface area contributed by atoms with Crippen LogP contribution in [-0.4, -0.2) is 48.5 Å². The molecule has 0 saturated carbocycles. The molecule has 2 aromatic carbocycles. The number of hydrogen-bond donors (Lipinski definition) is 1. The zero-order valence-corrected chi connectivity index (χ0v) is 17.2. The minimum absolute atomic E-state index is 0. The normalized spacial score (nSPS) is 18.8. The summed E-state index contributed by atoms with van der Waals surface area (Å²) in [6.45, 7) is 3.14. The lowest BCUT2D eigenvalue weighted by molar-refractivity contribution is -0.384. The smallest absolute Gasteiger partial charge is 0.293 e. The Morgan fingerprint density at radius 1 is 1.13 bits per heavy atom. The van der Waals surface area contributed by atoms with E-state index in [0.717, 1.165) is 25.9 Å². The average Bonchev–Trinajstić information content (AvgIpc) is 3.27. The summed E-state index contributed by atoms with van der Waals surface area (Å²) in [4.78, 5) is 28.1. The monoisotopic (exact) mass is 434 g/mol. The van der Waals surface area contributed by atoms with Crippen LogP contribution in [0.5, 0.6) is 0 Å². The maximum atomic E-state index is 13.7. The number of carbonyl (C=O) groups excluding carboxylic acids is 1. The summed E-state index contributed by atoms with van der Waals surface area (Å²) in [6.07, 6.45) is 2.02. The summed E-state index contributed by atoms with van der Waals surface area (Å²) < 4.78 is 13.7. The molecule has 1 amide bonds. The molecule has 30 heavy (non-hydrogen) atoms. The highest BCUT2D eigenvalue weighted by molar-refractivity contribution is 5.96. The molecule has 2 fully saturated rings. The van der Waals surface area contributed by atoms with Crippen molar-refractivity contribution in [2.24, 2.45) is 0 Å². The van der Waals surface area contributed by atoms with Crippen LogP contribution in [0.25, 0.3) is 0 Å². The molecule has 4 rings (SSSR count). The van der Waals surface area contributed by atoms with Crippen molar-refractivity contribution < 1.29 is 14.1 Å². The van der Waals surface area contributed by atoms with E-state index in [9.17, 15) is 19.3 Å². The highest BCUT2D eigenvalue weighted by Crippen LogP contribution is 2.33. The third-order valence-corrected chi connectivity index (χ3v) is 5.60. The Hall–Kier alpha value is -2.71. The number of nitrogens with zero attached hydrogens (tertiary/aromatic N) is 3. The highest BCUT2D eigenvalue weighted by atomic mass is 35.5. The zero-order chi connectivity index (χ0) is 20.4. The van der Waals surface area contributed by atoms with Crippen molar-refractivity contribution in [1.29, 1.82) is 0 Å². The lowest BCUT2D eigenvalue weighted by Gasteiger charge is -2.36. The van der Waals surface area contributed by atoms with Crippen molar-refractivity contribution in [3.05, 3.63) is 69.5 Å². The summed E-state index contributed by atoms with van der Waals surface area (Å²) >= 11 is 0. The molecule has 160 valence electrons. The van der Waals surface area contributed by atoms with Crippen LogP contribution in [0, 0.1) is 15.9 Å². The average molecular weight is 435 g/mol. The Balaban J connectivity index is 0.00000256. The highest BCUT2D eigenvalue weighted by Gasteiger charge is 2.31. The number of benzene rings is 2. The number of anilines is 1. The molecule has 9 heteroatoms. The fraction of sp³-hybridized carbons (Fsp3) is 0.381. The molecule has 0 aromatic heterocycles. The Morgan fingerprint density at radius 2 is 1.90 bits per heavy atom. The van der Waals surface area contributed by atoms with Gasteiger partial charge in [-0.1, -0.05) is 12.1 Å². The second-order valence-corrected chi connectivity index (χ2v) is 7.43. The van der Waals surface area contributed by atoms with E-state index in [1.165, 1.54) is 18.2 Å². The summed E-state index contributed by atoms with van der Waals surface area (Å²) in [7, 11) is 0. The largest absolute Gasteiger partial charge is 0.366 e. The maximum Gasteiger partial charge on any atom is 0.293 e. The summed E-state index contributed by atoms with van der Waals surface area (Å²) in [5, 5.41) is 14.9. The zero-order valence-electron chi connectivity index (χ0n) is 16.4. The molecular weight excluding hydrogens is 411 g/mol. The van der Waals surface area contributed by atoms with Crippen LogP contribution < -0.4 is 10.2 Å². The van der Waals surface area contributed by atoms with Crippen LogP contribution in [0.15, 0.2) is 42.5 Å². The van der Waals surface area contributed by atoms with E-state index >= 15 is 0 Å². The maximum absolute atomic E-state index is 13.7. The standard InChI is InChI=1S/C21H23FN4O3.ClH/c22-17-5-3-4-15(12-17)20-14-23-8-11-25(20)21(27)16-6-7-18(19(13-16)26(28)29)24-9-1-2-10-24;/h3-7,12-13,20,23H,1-2,8-11,14H2;1H. The van der Waals surface area contributed by atoms with Gasteiger partial charge in [-0.2, -0.15) is 0 Å². The van der Waals surface area contributed by atoms with Gasteiger partial charge >= 0.3 is 0 Å². The van der Waals surface area contributed by atoms with E-state index in [2.05, 4.69) is 5.32 Å². The fourth-order valence-electron chi connectivity index (χ4n) is 4.15. The van der Waals surface area contributed by atoms with Crippen LogP contribution >= 0.6 is 12.4 Å². The number of nitrogens with one attached hydrogen (secondary N) is 1. The van der Waals surface area contributed by atoms with Crippen molar-refractivity contribution in [3.63, 3.8) is 0 Å². The van der Waals surface area contributed by atoms with E-state index in [0.29, 0.717) is 30.9 Å². The number of nitro benzene ring substituents is 1. The van der Waals surface area contributed by atoms with Crippen LogP contribution in [0.4, 0.5) is 15.8 Å². The Labute approximate surface area is 180 Å². The molecule has 2 aliphatic rings. The van der Waals surface area contributed by atoms with Crippen LogP contribution in [-0.2, 0) is 0 Å². The topological polar surface area (TPSA) is 78.7 Å².